The number of hydrogen-bond donors (Lipinski definition) is 1. The number of rotatable bonds is 5. The SMILES string of the molecule is CCc1ccccc1C(=O)N1CCCC(N(C)Cc2nccc(N)n2)CC1. The predicted octanol–water partition coefficient (Wildman–Crippen LogP) is 2.75. The predicted molar refractivity (Wildman–Crippen MR) is 107 cm³/mol. The molecule has 0 bridgehead atoms. The van der Waals surface area contributed by atoms with E-state index in [9.17, 15) is 4.79 Å². The third-order valence-corrected chi connectivity index (χ3v) is 5.35. The molecule has 2 N–H and O–H groups in total. The number of carbonyl (C=O) groups excluding carboxylic acids is 1. The van der Waals surface area contributed by atoms with Crippen LogP contribution in [-0.4, -0.2) is 51.9 Å². The maximum absolute atomic E-state index is 13.0. The molecule has 1 fully saturated rings. The van der Waals surface area contributed by atoms with Gasteiger partial charge in [-0.1, -0.05) is 25.1 Å². The van der Waals surface area contributed by atoms with E-state index in [4.69, 9.17) is 5.73 Å². The summed E-state index contributed by atoms with van der Waals surface area (Å²) in [6.07, 6.45) is 5.61. The lowest BCUT2D eigenvalue weighted by atomic mass is 10.0. The van der Waals surface area contributed by atoms with Crippen LogP contribution in [0.2, 0.25) is 0 Å². The molecular weight excluding hydrogens is 338 g/mol. The van der Waals surface area contributed by atoms with Crippen molar-refractivity contribution < 1.29 is 4.79 Å². The van der Waals surface area contributed by atoms with Crippen LogP contribution in [0.5, 0.6) is 0 Å². The molecule has 2 aromatic rings. The third-order valence-electron chi connectivity index (χ3n) is 5.35. The van der Waals surface area contributed by atoms with Crippen molar-refractivity contribution in [1.82, 2.24) is 19.8 Å². The van der Waals surface area contributed by atoms with E-state index in [-0.39, 0.29) is 5.91 Å². The lowest BCUT2D eigenvalue weighted by Crippen LogP contribution is -2.35. The van der Waals surface area contributed by atoms with Crippen LogP contribution in [0.25, 0.3) is 0 Å². The summed E-state index contributed by atoms with van der Waals surface area (Å²) in [6, 6.07) is 10.1. The monoisotopic (exact) mass is 367 g/mol. The van der Waals surface area contributed by atoms with E-state index in [1.807, 2.05) is 29.2 Å². The Morgan fingerprint density at radius 3 is 2.85 bits per heavy atom. The van der Waals surface area contributed by atoms with Gasteiger partial charge in [0.25, 0.3) is 5.91 Å². The summed E-state index contributed by atoms with van der Waals surface area (Å²) in [5.41, 5.74) is 7.73. The minimum Gasteiger partial charge on any atom is -0.384 e. The first kappa shape index (κ1) is 19.3. The second-order valence-corrected chi connectivity index (χ2v) is 7.20. The van der Waals surface area contributed by atoms with Crippen molar-refractivity contribution >= 4 is 11.7 Å². The van der Waals surface area contributed by atoms with Crippen LogP contribution in [0.1, 0.15) is 47.9 Å². The molecule has 2 heterocycles. The number of anilines is 1. The summed E-state index contributed by atoms with van der Waals surface area (Å²) in [7, 11) is 2.10. The average Bonchev–Trinajstić information content (AvgIpc) is 2.94. The van der Waals surface area contributed by atoms with Crippen LogP contribution in [-0.2, 0) is 13.0 Å². The molecule has 144 valence electrons. The molecule has 1 atom stereocenters. The summed E-state index contributed by atoms with van der Waals surface area (Å²) < 4.78 is 0. The van der Waals surface area contributed by atoms with E-state index < -0.39 is 0 Å². The number of aromatic nitrogens is 2. The number of benzene rings is 1. The molecule has 6 heteroatoms. The summed E-state index contributed by atoms with van der Waals surface area (Å²) in [4.78, 5) is 25.9. The first-order chi connectivity index (χ1) is 13.1. The van der Waals surface area contributed by atoms with E-state index in [2.05, 4.69) is 28.8 Å². The highest BCUT2D eigenvalue weighted by Crippen LogP contribution is 2.20. The maximum Gasteiger partial charge on any atom is 0.254 e. The van der Waals surface area contributed by atoms with Gasteiger partial charge in [-0.05, 0) is 50.4 Å². The van der Waals surface area contributed by atoms with Crippen LogP contribution in [0.3, 0.4) is 0 Å². The van der Waals surface area contributed by atoms with E-state index in [0.29, 0.717) is 18.4 Å². The first-order valence-electron chi connectivity index (χ1n) is 9.73. The Morgan fingerprint density at radius 1 is 1.26 bits per heavy atom. The highest BCUT2D eigenvalue weighted by Gasteiger charge is 2.25. The Bertz CT molecular complexity index is 779. The van der Waals surface area contributed by atoms with Crippen LogP contribution in [0, 0.1) is 0 Å². The molecule has 1 unspecified atom stereocenters. The van der Waals surface area contributed by atoms with Gasteiger partial charge >= 0.3 is 0 Å². The Hall–Kier alpha value is -2.47. The summed E-state index contributed by atoms with van der Waals surface area (Å²) in [5.74, 6) is 1.40. The number of hydrogen-bond acceptors (Lipinski definition) is 5. The van der Waals surface area contributed by atoms with Crippen LogP contribution >= 0.6 is 0 Å². The zero-order chi connectivity index (χ0) is 19.2. The largest absolute Gasteiger partial charge is 0.384 e. The average molecular weight is 367 g/mol. The van der Waals surface area contributed by atoms with Crippen LogP contribution in [0.15, 0.2) is 36.5 Å². The molecule has 1 aromatic heterocycles. The number of carbonyl (C=O) groups is 1. The lowest BCUT2D eigenvalue weighted by molar-refractivity contribution is 0.0756. The number of likely N-dealkylation sites (tertiary alicyclic amines) is 1. The number of nitrogens with zero attached hydrogens (tertiary/aromatic N) is 4. The number of nitrogen functional groups attached to an aromatic ring is 1. The van der Waals surface area contributed by atoms with Gasteiger partial charge in [0.15, 0.2) is 0 Å². The van der Waals surface area contributed by atoms with Crippen molar-refractivity contribution in [2.45, 2.75) is 45.2 Å². The van der Waals surface area contributed by atoms with Crippen LogP contribution < -0.4 is 5.73 Å². The highest BCUT2D eigenvalue weighted by molar-refractivity contribution is 5.95. The van der Waals surface area contributed by atoms with E-state index in [0.717, 1.165) is 55.7 Å². The molecule has 27 heavy (non-hydrogen) atoms. The fraction of sp³-hybridized carbons (Fsp3) is 0.476. The topological polar surface area (TPSA) is 75.4 Å². The van der Waals surface area contributed by atoms with Gasteiger partial charge in [0.1, 0.15) is 11.6 Å². The molecule has 0 saturated carbocycles. The third kappa shape index (κ3) is 4.83. The smallest absolute Gasteiger partial charge is 0.254 e. The zero-order valence-corrected chi connectivity index (χ0v) is 16.3. The molecule has 1 saturated heterocycles. The van der Waals surface area contributed by atoms with E-state index >= 15 is 0 Å². The van der Waals surface area contributed by atoms with Gasteiger partial charge in [-0.25, -0.2) is 9.97 Å². The molecular formula is C21H29N5O. The van der Waals surface area contributed by atoms with Gasteiger partial charge in [0, 0.05) is 30.9 Å². The Balaban J connectivity index is 1.62. The molecule has 1 amide bonds. The van der Waals surface area contributed by atoms with Crippen molar-refractivity contribution in [2.75, 3.05) is 25.9 Å². The Morgan fingerprint density at radius 2 is 2.07 bits per heavy atom. The molecule has 6 nitrogen and oxygen atoms in total. The molecule has 1 aliphatic heterocycles. The minimum absolute atomic E-state index is 0.162. The van der Waals surface area contributed by atoms with Crippen molar-refractivity contribution in [2.24, 2.45) is 0 Å². The standard InChI is InChI=1S/C21H29N5O/c1-3-16-7-4-5-9-18(16)21(27)26-13-6-8-17(11-14-26)25(2)15-20-23-12-10-19(22)24-20/h4-5,7,9-10,12,17H,3,6,8,11,13-15H2,1-2H3,(H2,22,23,24). The Kier molecular flexibility index (Phi) is 6.40. The van der Waals surface area contributed by atoms with Crippen molar-refractivity contribution in [3.63, 3.8) is 0 Å². The lowest BCUT2D eigenvalue weighted by Gasteiger charge is -2.26. The van der Waals surface area contributed by atoms with Crippen LogP contribution in [0.4, 0.5) is 5.82 Å². The van der Waals surface area contributed by atoms with Crippen molar-refractivity contribution in [1.29, 1.82) is 0 Å². The fourth-order valence-corrected chi connectivity index (χ4v) is 3.77. The van der Waals surface area contributed by atoms with Gasteiger partial charge in [-0.2, -0.15) is 0 Å². The molecule has 0 aliphatic carbocycles. The second kappa shape index (κ2) is 8.95. The molecule has 0 spiro atoms. The molecule has 1 aliphatic rings. The normalized spacial score (nSPS) is 17.7. The van der Waals surface area contributed by atoms with Gasteiger partial charge in [0.05, 0.1) is 6.54 Å². The van der Waals surface area contributed by atoms with Gasteiger partial charge in [0.2, 0.25) is 0 Å². The zero-order valence-electron chi connectivity index (χ0n) is 16.3. The second-order valence-electron chi connectivity index (χ2n) is 7.20. The minimum atomic E-state index is 0.162. The summed E-state index contributed by atoms with van der Waals surface area (Å²) in [5, 5.41) is 0. The highest BCUT2D eigenvalue weighted by atomic mass is 16.2. The first-order valence-corrected chi connectivity index (χ1v) is 9.73. The Labute approximate surface area is 161 Å². The fourth-order valence-electron chi connectivity index (χ4n) is 3.77. The van der Waals surface area contributed by atoms with Gasteiger partial charge in [-0.15, -0.1) is 0 Å². The molecule has 0 radical (unpaired) electrons. The number of nitrogens with two attached hydrogens (primary N) is 1. The quantitative estimate of drug-likeness (QED) is 0.879. The number of aryl methyl sites for hydroxylation is 1. The molecule has 1 aromatic carbocycles. The van der Waals surface area contributed by atoms with E-state index in [1.165, 1.54) is 0 Å². The summed E-state index contributed by atoms with van der Waals surface area (Å²) in [6.45, 7) is 4.36. The van der Waals surface area contributed by atoms with Crippen molar-refractivity contribution in [3.05, 3.63) is 53.5 Å². The molecule has 3 rings (SSSR count). The number of amides is 1. The van der Waals surface area contributed by atoms with Gasteiger partial charge < -0.3 is 10.6 Å². The van der Waals surface area contributed by atoms with Gasteiger partial charge in [-0.3, -0.25) is 9.69 Å². The van der Waals surface area contributed by atoms with E-state index in [1.54, 1.807) is 12.3 Å². The summed E-state index contributed by atoms with van der Waals surface area (Å²) >= 11 is 0. The van der Waals surface area contributed by atoms with Crippen molar-refractivity contribution in [3.8, 4) is 0 Å². The maximum atomic E-state index is 13.0.